The average Bonchev–Trinajstić information content (AvgIpc) is 2.43. The van der Waals surface area contributed by atoms with Gasteiger partial charge in [0.2, 0.25) is 0 Å². The molecule has 1 aromatic rings. The molecule has 18 heavy (non-hydrogen) atoms. The molecule has 0 atom stereocenters. The van der Waals surface area contributed by atoms with Crippen LogP contribution in [0.3, 0.4) is 0 Å². The zero-order valence-electron chi connectivity index (χ0n) is 10.8. The van der Waals surface area contributed by atoms with Gasteiger partial charge >= 0.3 is 0 Å². The Kier molecular flexibility index (Phi) is 4.81. The molecule has 1 aromatic heterocycles. The van der Waals surface area contributed by atoms with E-state index in [2.05, 4.69) is 16.8 Å². The van der Waals surface area contributed by atoms with Gasteiger partial charge in [-0.15, -0.1) is 11.6 Å². The van der Waals surface area contributed by atoms with Crippen LogP contribution in [0.4, 0.5) is 10.2 Å². The molecule has 2 rings (SSSR count). The molecule has 1 aliphatic rings. The zero-order valence-corrected chi connectivity index (χ0v) is 11.6. The molecular formula is C14H20ClFN2. The van der Waals surface area contributed by atoms with Crippen molar-refractivity contribution in [3.8, 4) is 0 Å². The molecule has 2 nitrogen and oxygen atoms in total. The van der Waals surface area contributed by atoms with Crippen molar-refractivity contribution in [2.75, 3.05) is 11.4 Å². The number of hydrogen-bond acceptors (Lipinski definition) is 2. The fourth-order valence-corrected chi connectivity index (χ4v) is 2.95. The average molecular weight is 271 g/mol. The van der Waals surface area contributed by atoms with Crippen LogP contribution in [0.15, 0.2) is 12.3 Å². The molecule has 0 aliphatic heterocycles. The van der Waals surface area contributed by atoms with Gasteiger partial charge in [-0.3, -0.25) is 0 Å². The van der Waals surface area contributed by atoms with Crippen molar-refractivity contribution in [2.45, 2.75) is 50.9 Å². The lowest BCUT2D eigenvalue weighted by Crippen LogP contribution is -2.38. The van der Waals surface area contributed by atoms with Crippen molar-refractivity contribution in [1.29, 1.82) is 0 Å². The van der Waals surface area contributed by atoms with Crippen molar-refractivity contribution in [1.82, 2.24) is 4.98 Å². The van der Waals surface area contributed by atoms with Gasteiger partial charge in [0.1, 0.15) is 0 Å². The third-order valence-electron chi connectivity index (χ3n) is 3.72. The molecule has 0 amide bonds. The molecular weight excluding hydrogens is 251 g/mol. The van der Waals surface area contributed by atoms with Gasteiger partial charge in [-0.05, 0) is 25.8 Å². The topological polar surface area (TPSA) is 16.1 Å². The van der Waals surface area contributed by atoms with Gasteiger partial charge in [0.25, 0.3) is 0 Å². The van der Waals surface area contributed by atoms with Gasteiger partial charge in [-0.1, -0.05) is 19.3 Å². The monoisotopic (exact) mass is 270 g/mol. The second kappa shape index (κ2) is 6.37. The fraction of sp³-hybridized carbons (Fsp3) is 0.643. The normalized spacial score (nSPS) is 16.8. The van der Waals surface area contributed by atoms with E-state index in [0.717, 1.165) is 19.4 Å². The van der Waals surface area contributed by atoms with E-state index in [1.54, 1.807) is 12.3 Å². The summed E-state index contributed by atoms with van der Waals surface area (Å²) in [7, 11) is 0. The number of anilines is 1. The Morgan fingerprint density at radius 2 is 2.11 bits per heavy atom. The Morgan fingerprint density at radius 1 is 1.39 bits per heavy atom. The lowest BCUT2D eigenvalue weighted by Gasteiger charge is -2.34. The van der Waals surface area contributed by atoms with E-state index in [0.29, 0.717) is 17.4 Å². The standard InChI is InChI=1S/C14H20ClFN2/c1-2-18(12-6-4-3-5-7-12)14-13(16)11(10-15)8-9-17-14/h8-9,12H,2-7,10H2,1H3. The van der Waals surface area contributed by atoms with Gasteiger partial charge in [-0.2, -0.15) is 0 Å². The summed E-state index contributed by atoms with van der Waals surface area (Å²) < 4.78 is 14.3. The number of alkyl halides is 1. The second-order valence-electron chi connectivity index (χ2n) is 4.82. The molecule has 1 heterocycles. The van der Waals surface area contributed by atoms with Crippen molar-refractivity contribution in [3.63, 3.8) is 0 Å². The van der Waals surface area contributed by atoms with Gasteiger partial charge < -0.3 is 4.90 Å². The number of nitrogens with zero attached hydrogens (tertiary/aromatic N) is 2. The number of halogens is 2. The molecule has 100 valence electrons. The maximum atomic E-state index is 14.3. The molecule has 0 spiro atoms. The third-order valence-corrected chi connectivity index (χ3v) is 4.01. The van der Waals surface area contributed by atoms with E-state index in [9.17, 15) is 4.39 Å². The molecule has 4 heteroatoms. The first-order valence-corrected chi connectivity index (χ1v) is 7.27. The Morgan fingerprint density at radius 3 is 2.72 bits per heavy atom. The predicted octanol–water partition coefficient (Wildman–Crippen LogP) is 4.12. The van der Waals surface area contributed by atoms with Crippen LogP contribution in [0.1, 0.15) is 44.6 Å². The van der Waals surface area contributed by atoms with Gasteiger partial charge in [0.05, 0.1) is 5.88 Å². The molecule has 0 unspecified atom stereocenters. The second-order valence-corrected chi connectivity index (χ2v) is 5.09. The number of aromatic nitrogens is 1. The predicted molar refractivity (Wildman–Crippen MR) is 73.6 cm³/mol. The van der Waals surface area contributed by atoms with Crippen LogP contribution >= 0.6 is 11.6 Å². The highest BCUT2D eigenvalue weighted by Crippen LogP contribution is 2.28. The highest BCUT2D eigenvalue weighted by molar-refractivity contribution is 6.17. The smallest absolute Gasteiger partial charge is 0.170 e. The van der Waals surface area contributed by atoms with Crippen molar-refractivity contribution >= 4 is 17.4 Å². The van der Waals surface area contributed by atoms with Crippen LogP contribution in [-0.2, 0) is 5.88 Å². The summed E-state index contributed by atoms with van der Waals surface area (Å²) in [5.74, 6) is 0.423. The van der Waals surface area contributed by atoms with Crippen LogP contribution in [-0.4, -0.2) is 17.6 Å². The van der Waals surface area contributed by atoms with Crippen molar-refractivity contribution < 1.29 is 4.39 Å². The van der Waals surface area contributed by atoms with Crippen molar-refractivity contribution in [3.05, 3.63) is 23.6 Å². The van der Waals surface area contributed by atoms with E-state index in [1.807, 2.05) is 0 Å². The minimum absolute atomic E-state index is 0.198. The minimum Gasteiger partial charge on any atom is -0.351 e. The number of rotatable bonds is 4. The maximum absolute atomic E-state index is 14.3. The summed E-state index contributed by atoms with van der Waals surface area (Å²) in [5.41, 5.74) is 0.538. The Bertz CT molecular complexity index is 391. The third kappa shape index (κ3) is 2.77. The highest BCUT2D eigenvalue weighted by Gasteiger charge is 2.24. The Labute approximate surface area is 113 Å². The SMILES string of the molecule is CCN(c1nccc(CCl)c1F)C1CCCCC1. The molecule has 0 N–H and O–H groups in total. The number of pyridine rings is 1. The Balaban J connectivity index is 2.26. The van der Waals surface area contributed by atoms with Gasteiger partial charge in [0, 0.05) is 24.3 Å². The molecule has 0 aromatic carbocycles. The van der Waals surface area contributed by atoms with Crippen LogP contribution in [0.25, 0.3) is 0 Å². The lowest BCUT2D eigenvalue weighted by molar-refractivity contribution is 0.412. The lowest BCUT2D eigenvalue weighted by atomic mass is 9.94. The summed E-state index contributed by atoms with van der Waals surface area (Å²) in [6.07, 6.45) is 7.70. The molecule has 0 saturated heterocycles. The summed E-state index contributed by atoms with van der Waals surface area (Å²) in [5, 5.41) is 0. The molecule has 1 aliphatic carbocycles. The Hall–Kier alpha value is -0.830. The quantitative estimate of drug-likeness (QED) is 0.765. The zero-order chi connectivity index (χ0) is 13.0. The first kappa shape index (κ1) is 13.6. The summed E-state index contributed by atoms with van der Waals surface area (Å²) in [6, 6.07) is 2.08. The first-order chi connectivity index (χ1) is 8.77. The molecule has 1 saturated carbocycles. The van der Waals surface area contributed by atoms with E-state index in [-0.39, 0.29) is 11.7 Å². The van der Waals surface area contributed by atoms with Gasteiger partial charge in [0.15, 0.2) is 11.6 Å². The summed E-state index contributed by atoms with van der Waals surface area (Å²) in [6.45, 7) is 2.85. The van der Waals surface area contributed by atoms with Crippen LogP contribution < -0.4 is 4.90 Å². The molecule has 1 fully saturated rings. The van der Waals surface area contributed by atoms with E-state index < -0.39 is 0 Å². The molecule has 0 bridgehead atoms. The van der Waals surface area contributed by atoms with Crippen LogP contribution in [0.2, 0.25) is 0 Å². The van der Waals surface area contributed by atoms with E-state index in [4.69, 9.17) is 11.6 Å². The highest BCUT2D eigenvalue weighted by atomic mass is 35.5. The first-order valence-electron chi connectivity index (χ1n) is 6.74. The number of hydrogen-bond donors (Lipinski definition) is 0. The summed E-state index contributed by atoms with van der Waals surface area (Å²) >= 11 is 5.75. The van der Waals surface area contributed by atoms with E-state index >= 15 is 0 Å². The van der Waals surface area contributed by atoms with Crippen LogP contribution in [0, 0.1) is 5.82 Å². The largest absolute Gasteiger partial charge is 0.351 e. The minimum atomic E-state index is -0.250. The van der Waals surface area contributed by atoms with Gasteiger partial charge in [-0.25, -0.2) is 9.37 Å². The molecule has 0 radical (unpaired) electrons. The fourth-order valence-electron chi connectivity index (χ4n) is 2.75. The van der Waals surface area contributed by atoms with Crippen LogP contribution in [0.5, 0.6) is 0 Å². The van der Waals surface area contributed by atoms with E-state index in [1.165, 1.54) is 19.3 Å². The summed E-state index contributed by atoms with van der Waals surface area (Å²) in [4.78, 5) is 6.33. The van der Waals surface area contributed by atoms with Crippen molar-refractivity contribution in [2.24, 2.45) is 0 Å². The maximum Gasteiger partial charge on any atom is 0.170 e.